The first-order valence-electron chi connectivity index (χ1n) is 9.01. The molecule has 0 radical (unpaired) electrons. The van der Waals surface area contributed by atoms with Crippen molar-refractivity contribution in [3.63, 3.8) is 0 Å². The second-order valence-corrected chi connectivity index (χ2v) is 7.41. The fourth-order valence-corrected chi connectivity index (χ4v) is 2.70. The fraction of sp³-hybridized carbons (Fsp3) is 0.227. The van der Waals surface area contributed by atoms with E-state index >= 15 is 0 Å². The number of aromatic nitrogens is 2. The molecule has 0 aliphatic rings. The van der Waals surface area contributed by atoms with Crippen LogP contribution in [0.5, 0.6) is 0 Å². The summed E-state index contributed by atoms with van der Waals surface area (Å²) in [5.74, 6) is -0.0838. The lowest BCUT2D eigenvalue weighted by molar-refractivity contribution is 0.0523. The van der Waals surface area contributed by atoms with Gasteiger partial charge in [0.15, 0.2) is 5.78 Å². The van der Waals surface area contributed by atoms with Gasteiger partial charge in [0, 0.05) is 41.6 Å². The quantitative estimate of drug-likeness (QED) is 0.507. The van der Waals surface area contributed by atoms with Crippen molar-refractivity contribution in [2.45, 2.75) is 32.9 Å². The summed E-state index contributed by atoms with van der Waals surface area (Å²) >= 11 is 0. The van der Waals surface area contributed by atoms with Crippen LogP contribution in [0.2, 0.25) is 0 Å². The molecule has 0 aliphatic carbocycles. The predicted octanol–water partition coefficient (Wildman–Crippen LogP) is 4.48. The molecule has 0 saturated carbocycles. The summed E-state index contributed by atoms with van der Waals surface area (Å²) in [7, 11) is 0. The maximum absolute atomic E-state index is 12.2. The number of nitrogens with zero attached hydrogens (tertiary/aromatic N) is 1. The van der Waals surface area contributed by atoms with Gasteiger partial charge in [-0.1, -0.05) is 6.07 Å². The largest absolute Gasteiger partial charge is 0.444 e. The topological polar surface area (TPSA) is 84.1 Å². The Morgan fingerprint density at radius 2 is 1.93 bits per heavy atom. The molecular formula is C22H23N3O3. The van der Waals surface area contributed by atoms with Gasteiger partial charge in [-0.2, -0.15) is 0 Å². The lowest BCUT2D eigenvalue weighted by atomic mass is 10.1. The maximum atomic E-state index is 12.2. The normalized spacial score (nSPS) is 11.7. The summed E-state index contributed by atoms with van der Waals surface area (Å²) in [5.41, 5.74) is 2.85. The summed E-state index contributed by atoms with van der Waals surface area (Å²) in [6.45, 7) is 5.83. The highest BCUT2D eigenvalue weighted by Crippen LogP contribution is 2.21. The number of aromatic amines is 1. The van der Waals surface area contributed by atoms with Crippen molar-refractivity contribution in [3.8, 4) is 0 Å². The number of rotatable bonds is 5. The van der Waals surface area contributed by atoms with Crippen molar-refractivity contribution in [3.05, 3.63) is 71.7 Å². The number of amides is 1. The van der Waals surface area contributed by atoms with E-state index in [0.717, 1.165) is 22.0 Å². The molecule has 6 nitrogen and oxygen atoms in total. The standard InChI is InChI=1S/C22H23N3O3/c1-22(2,3)28-21(27)25-13-15-4-6-19-18(12-15)17(14-24-19)5-7-20(26)16-8-10-23-11-9-16/h4-12,14,24H,13H2,1-3H3,(H,25,27). The van der Waals surface area contributed by atoms with Crippen LogP contribution < -0.4 is 5.32 Å². The van der Waals surface area contributed by atoms with E-state index < -0.39 is 11.7 Å². The van der Waals surface area contributed by atoms with Gasteiger partial charge in [0.2, 0.25) is 0 Å². The monoisotopic (exact) mass is 377 g/mol. The smallest absolute Gasteiger partial charge is 0.407 e. The van der Waals surface area contributed by atoms with E-state index in [9.17, 15) is 9.59 Å². The van der Waals surface area contributed by atoms with E-state index in [4.69, 9.17) is 4.74 Å². The number of carbonyl (C=O) groups excluding carboxylic acids is 2. The zero-order valence-corrected chi connectivity index (χ0v) is 16.2. The summed E-state index contributed by atoms with van der Waals surface area (Å²) in [5, 5.41) is 3.73. The first-order valence-corrected chi connectivity index (χ1v) is 9.01. The zero-order valence-electron chi connectivity index (χ0n) is 16.2. The average Bonchev–Trinajstić information content (AvgIpc) is 3.06. The van der Waals surface area contributed by atoms with Crippen molar-refractivity contribution in [1.29, 1.82) is 0 Å². The van der Waals surface area contributed by atoms with E-state index in [-0.39, 0.29) is 5.78 Å². The summed E-state index contributed by atoms with van der Waals surface area (Å²) in [6, 6.07) is 9.24. The molecule has 0 aliphatic heterocycles. The van der Waals surface area contributed by atoms with Crippen LogP contribution >= 0.6 is 0 Å². The number of pyridine rings is 1. The Balaban J connectivity index is 1.73. The van der Waals surface area contributed by atoms with Gasteiger partial charge in [0.05, 0.1) is 0 Å². The van der Waals surface area contributed by atoms with Crippen molar-refractivity contribution in [2.24, 2.45) is 0 Å². The van der Waals surface area contributed by atoms with Crippen LogP contribution in [-0.2, 0) is 11.3 Å². The van der Waals surface area contributed by atoms with E-state index in [0.29, 0.717) is 12.1 Å². The van der Waals surface area contributed by atoms with Crippen LogP contribution in [-0.4, -0.2) is 27.4 Å². The molecule has 28 heavy (non-hydrogen) atoms. The average molecular weight is 377 g/mol. The Bertz CT molecular complexity index is 1010. The third-order valence-corrected chi connectivity index (χ3v) is 3.99. The second kappa shape index (κ2) is 8.08. The molecule has 3 aromatic rings. The molecule has 0 atom stereocenters. The molecule has 0 fully saturated rings. The molecule has 0 bridgehead atoms. The highest BCUT2D eigenvalue weighted by atomic mass is 16.6. The summed E-state index contributed by atoms with van der Waals surface area (Å²) < 4.78 is 5.25. The maximum Gasteiger partial charge on any atom is 0.407 e. The lowest BCUT2D eigenvalue weighted by Crippen LogP contribution is -2.32. The molecule has 2 aromatic heterocycles. The number of nitrogens with one attached hydrogen (secondary N) is 2. The van der Waals surface area contributed by atoms with Crippen LogP contribution in [0.1, 0.15) is 42.3 Å². The van der Waals surface area contributed by atoms with Gasteiger partial charge in [-0.25, -0.2) is 4.79 Å². The molecule has 1 amide bonds. The van der Waals surface area contributed by atoms with Gasteiger partial charge >= 0.3 is 6.09 Å². The number of H-pyrrole nitrogens is 1. The Kier molecular flexibility index (Phi) is 5.59. The SMILES string of the molecule is CC(C)(C)OC(=O)NCc1ccc2[nH]cc(C=CC(=O)c3ccncc3)c2c1. The molecule has 3 rings (SSSR count). The number of hydrogen-bond acceptors (Lipinski definition) is 4. The van der Waals surface area contributed by atoms with Crippen molar-refractivity contribution < 1.29 is 14.3 Å². The highest BCUT2D eigenvalue weighted by molar-refractivity contribution is 6.07. The van der Waals surface area contributed by atoms with Crippen LogP contribution in [0, 0.1) is 0 Å². The van der Waals surface area contributed by atoms with Crippen LogP contribution in [0.25, 0.3) is 17.0 Å². The third-order valence-electron chi connectivity index (χ3n) is 3.99. The van der Waals surface area contributed by atoms with Gasteiger partial charge in [0.1, 0.15) is 5.60 Å². The van der Waals surface area contributed by atoms with Gasteiger partial charge in [-0.3, -0.25) is 9.78 Å². The Morgan fingerprint density at radius 3 is 2.64 bits per heavy atom. The number of benzene rings is 1. The highest BCUT2D eigenvalue weighted by Gasteiger charge is 2.15. The molecule has 0 saturated heterocycles. The Hall–Kier alpha value is -3.41. The molecule has 144 valence electrons. The number of ketones is 1. The summed E-state index contributed by atoms with van der Waals surface area (Å²) in [4.78, 5) is 31.2. The molecular weight excluding hydrogens is 354 g/mol. The minimum absolute atomic E-state index is 0.0838. The number of allylic oxidation sites excluding steroid dienone is 1. The molecule has 0 unspecified atom stereocenters. The number of ether oxygens (including phenoxy) is 1. The van der Waals surface area contributed by atoms with Crippen LogP contribution in [0.15, 0.2) is 55.0 Å². The number of alkyl carbamates (subject to hydrolysis) is 1. The number of hydrogen-bond donors (Lipinski definition) is 2. The van der Waals surface area contributed by atoms with Gasteiger partial charge < -0.3 is 15.0 Å². The number of fused-ring (bicyclic) bond motifs is 1. The molecule has 2 heterocycles. The predicted molar refractivity (Wildman–Crippen MR) is 109 cm³/mol. The lowest BCUT2D eigenvalue weighted by Gasteiger charge is -2.19. The minimum Gasteiger partial charge on any atom is -0.444 e. The first kappa shape index (κ1) is 19.4. The van der Waals surface area contributed by atoms with Crippen molar-refractivity contribution in [1.82, 2.24) is 15.3 Å². The first-order chi connectivity index (χ1) is 13.3. The molecule has 6 heteroatoms. The van der Waals surface area contributed by atoms with E-state index in [1.807, 2.05) is 45.2 Å². The van der Waals surface area contributed by atoms with Crippen LogP contribution in [0.4, 0.5) is 4.79 Å². The molecule has 2 N–H and O–H groups in total. The molecule has 1 aromatic carbocycles. The minimum atomic E-state index is -0.534. The second-order valence-electron chi connectivity index (χ2n) is 7.41. The third kappa shape index (κ3) is 5.07. The number of carbonyl (C=O) groups is 2. The molecule has 0 spiro atoms. The van der Waals surface area contributed by atoms with E-state index in [2.05, 4.69) is 15.3 Å². The van der Waals surface area contributed by atoms with Crippen molar-refractivity contribution >= 4 is 28.9 Å². The van der Waals surface area contributed by atoms with Crippen molar-refractivity contribution in [2.75, 3.05) is 0 Å². The Morgan fingerprint density at radius 1 is 1.18 bits per heavy atom. The van der Waals surface area contributed by atoms with Gasteiger partial charge in [-0.15, -0.1) is 0 Å². The Labute approximate surface area is 163 Å². The van der Waals surface area contributed by atoms with E-state index in [1.165, 1.54) is 0 Å². The van der Waals surface area contributed by atoms with E-state index in [1.54, 1.807) is 36.7 Å². The fourth-order valence-electron chi connectivity index (χ4n) is 2.70. The summed E-state index contributed by atoms with van der Waals surface area (Å²) in [6.07, 6.45) is 7.92. The van der Waals surface area contributed by atoms with Crippen LogP contribution in [0.3, 0.4) is 0 Å². The van der Waals surface area contributed by atoms with Gasteiger partial charge in [0.25, 0.3) is 0 Å². The zero-order chi connectivity index (χ0) is 20.1. The van der Waals surface area contributed by atoms with Gasteiger partial charge in [-0.05, 0) is 68.3 Å².